The monoisotopic (exact) mass is 362 g/mol. The van der Waals surface area contributed by atoms with E-state index in [4.69, 9.17) is 16.3 Å². The molecule has 0 saturated carbocycles. The van der Waals surface area contributed by atoms with Gasteiger partial charge in [0.2, 0.25) is 0 Å². The average molecular weight is 363 g/mol. The molecule has 4 nitrogen and oxygen atoms in total. The van der Waals surface area contributed by atoms with Crippen molar-refractivity contribution in [1.82, 2.24) is 10.2 Å². The minimum absolute atomic E-state index is 0.0486. The van der Waals surface area contributed by atoms with Gasteiger partial charge in [-0.15, -0.1) is 0 Å². The summed E-state index contributed by atoms with van der Waals surface area (Å²) in [6, 6.07) is 1.68. The molecule has 0 radical (unpaired) electrons. The highest BCUT2D eigenvalue weighted by Crippen LogP contribution is 2.40. The maximum atomic E-state index is 12.9. The molecule has 2 atom stereocenters. The van der Waals surface area contributed by atoms with Crippen molar-refractivity contribution < 1.29 is 22.7 Å². The molecule has 0 unspecified atom stereocenters. The van der Waals surface area contributed by atoms with Crippen LogP contribution in [0.25, 0.3) is 0 Å². The molecule has 24 heavy (non-hydrogen) atoms. The number of carbonyl (C=O) groups is 1. The zero-order chi connectivity index (χ0) is 17.5. The third kappa shape index (κ3) is 3.25. The largest absolute Gasteiger partial charge is 0.416 e. The van der Waals surface area contributed by atoms with Crippen LogP contribution in [0.3, 0.4) is 0 Å². The lowest BCUT2D eigenvalue weighted by Gasteiger charge is -2.38. The van der Waals surface area contributed by atoms with Crippen LogP contribution < -0.4 is 5.32 Å². The molecule has 1 N–H and O–H groups in total. The molecule has 3 rings (SSSR count). The van der Waals surface area contributed by atoms with Gasteiger partial charge >= 0.3 is 6.18 Å². The summed E-state index contributed by atoms with van der Waals surface area (Å²) in [4.78, 5) is 14.3. The van der Waals surface area contributed by atoms with Crippen molar-refractivity contribution in [1.29, 1.82) is 0 Å². The Bertz CT molecular complexity index is 645. The summed E-state index contributed by atoms with van der Waals surface area (Å²) >= 11 is 6.12. The number of halogens is 4. The van der Waals surface area contributed by atoms with Crippen molar-refractivity contribution in [2.24, 2.45) is 0 Å². The Hall–Kier alpha value is -1.31. The number of ether oxygens (including phenoxy) is 1. The molecule has 2 heterocycles. The summed E-state index contributed by atoms with van der Waals surface area (Å²) < 4.78 is 44.3. The molecule has 1 fully saturated rings. The van der Waals surface area contributed by atoms with Gasteiger partial charge in [0.05, 0.1) is 18.2 Å². The Labute approximate surface area is 142 Å². The summed E-state index contributed by atoms with van der Waals surface area (Å²) in [7, 11) is 0. The average Bonchev–Trinajstić information content (AvgIpc) is 2.54. The van der Waals surface area contributed by atoms with Gasteiger partial charge in [0, 0.05) is 24.7 Å². The van der Waals surface area contributed by atoms with Gasteiger partial charge in [0.25, 0.3) is 5.91 Å². The van der Waals surface area contributed by atoms with E-state index in [2.05, 4.69) is 5.32 Å². The van der Waals surface area contributed by atoms with Crippen LogP contribution in [0.15, 0.2) is 12.1 Å². The molecular weight excluding hydrogens is 345 g/mol. The number of rotatable bonds is 1. The fourth-order valence-electron chi connectivity index (χ4n) is 3.31. The lowest BCUT2D eigenvalue weighted by Crippen LogP contribution is -2.51. The molecular formula is C16H18ClF3N2O2. The molecule has 1 amide bonds. The van der Waals surface area contributed by atoms with Gasteiger partial charge < -0.3 is 15.0 Å². The van der Waals surface area contributed by atoms with Gasteiger partial charge in [-0.25, -0.2) is 0 Å². The van der Waals surface area contributed by atoms with E-state index in [9.17, 15) is 18.0 Å². The Morgan fingerprint density at radius 1 is 1.42 bits per heavy atom. The third-order valence-electron chi connectivity index (χ3n) is 4.54. The minimum Gasteiger partial charge on any atom is -0.366 e. The van der Waals surface area contributed by atoms with E-state index in [-0.39, 0.29) is 17.0 Å². The number of amides is 1. The first-order valence-corrected chi connectivity index (χ1v) is 8.19. The molecule has 2 aliphatic heterocycles. The zero-order valence-electron chi connectivity index (χ0n) is 13.1. The molecule has 1 aromatic rings. The second kappa shape index (κ2) is 6.54. The standard InChI is InChI=1S/C16H18ClF3N2O2/c1-9-14-10(6-11(7-12(14)17)16(18,19)20)2-4-22(9)15(23)13-8-21-3-5-24-13/h6-7,9,13,21H,2-5,8H2,1H3/t9-,13+/m0/s1. The molecule has 0 aromatic heterocycles. The van der Waals surface area contributed by atoms with Crippen molar-refractivity contribution in [2.45, 2.75) is 31.7 Å². The van der Waals surface area contributed by atoms with E-state index < -0.39 is 17.8 Å². The first-order chi connectivity index (χ1) is 11.3. The number of hydrogen-bond acceptors (Lipinski definition) is 3. The number of morpholine rings is 1. The van der Waals surface area contributed by atoms with E-state index >= 15 is 0 Å². The Kier molecular flexibility index (Phi) is 4.77. The highest BCUT2D eigenvalue weighted by molar-refractivity contribution is 6.31. The predicted molar refractivity (Wildman–Crippen MR) is 82.9 cm³/mol. The van der Waals surface area contributed by atoms with Gasteiger partial charge in [-0.05, 0) is 36.6 Å². The SMILES string of the molecule is C[C@H]1c2c(Cl)cc(C(F)(F)F)cc2CCN1C(=O)[C@H]1CNCCO1. The Morgan fingerprint density at radius 2 is 2.17 bits per heavy atom. The number of carbonyl (C=O) groups excluding carboxylic acids is 1. The van der Waals surface area contributed by atoms with E-state index in [1.54, 1.807) is 11.8 Å². The highest BCUT2D eigenvalue weighted by Gasteiger charge is 2.37. The second-order valence-electron chi connectivity index (χ2n) is 6.05. The fourth-order valence-corrected chi connectivity index (χ4v) is 3.71. The number of nitrogens with one attached hydrogen (secondary N) is 1. The summed E-state index contributed by atoms with van der Waals surface area (Å²) in [6.45, 7) is 3.74. The number of fused-ring (bicyclic) bond motifs is 1. The quantitative estimate of drug-likeness (QED) is 0.835. The van der Waals surface area contributed by atoms with Gasteiger partial charge in [-0.1, -0.05) is 11.6 Å². The normalized spacial score (nSPS) is 24.6. The van der Waals surface area contributed by atoms with E-state index in [0.717, 1.165) is 12.1 Å². The van der Waals surface area contributed by atoms with Crippen LogP contribution in [0.5, 0.6) is 0 Å². The number of alkyl halides is 3. The van der Waals surface area contributed by atoms with E-state index in [0.29, 0.717) is 43.8 Å². The molecule has 0 bridgehead atoms. The first-order valence-electron chi connectivity index (χ1n) is 7.81. The van der Waals surface area contributed by atoms with Gasteiger partial charge in [-0.2, -0.15) is 13.2 Å². The molecule has 1 aromatic carbocycles. The number of nitrogens with zero attached hydrogens (tertiary/aromatic N) is 1. The summed E-state index contributed by atoms with van der Waals surface area (Å²) in [6.07, 6.45) is -4.65. The topological polar surface area (TPSA) is 41.6 Å². The first kappa shape index (κ1) is 17.5. The molecule has 132 valence electrons. The van der Waals surface area contributed by atoms with Crippen LogP contribution in [-0.4, -0.2) is 43.2 Å². The maximum absolute atomic E-state index is 12.9. The van der Waals surface area contributed by atoms with Gasteiger partial charge in [0.1, 0.15) is 6.10 Å². The van der Waals surface area contributed by atoms with Crippen molar-refractivity contribution in [3.05, 3.63) is 33.8 Å². The van der Waals surface area contributed by atoms with Crippen LogP contribution in [0.4, 0.5) is 13.2 Å². The summed E-state index contributed by atoms with van der Waals surface area (Å²) in [5.41, 5.74) is 0.389. The number of benzene rings is 1. The second-order valence-corrected chi connectivity index (χ2v) is 6.46. The Morgan fingerprint density at radius 3 is 2.79 bits per heavy atom. The van der Waals surface area contributed by atoms with Crippen LogP contribution in [0.2, 0.25) is 5.02 Å². The molecule has 0 aliphatic carbocycles. The highest BCUT2D eigenvalue weighted by atomic mass is 35.5. The Balaban J connectivity index is 1.87. The predicted octanol–water partition coefficient (Wildman–Crippen LogP) is 2.79. The van der Waals surface area contributed by atoms with Gasteiger partial charge in [0.15, 0.2) is 0 Å². The van der Waals surface area contributed by atoms with E-state index in [1.807, 2.05) is 0 Å². The van der Waals surface area contributed by atoms with Crippen molar-refractivity contribution >= 4 is 17.5 Å². The zero-order valence-corrected chi connectivity index (χ0v) is 13.9. The van der Waals surface area contributed by atoms with Crippen LogP contribution in [-0.2, 0) is 22.1 Å². The van der Waals surface area contributed by atoms with Crippen LogP contribution >= 0.6 is 11.6 Å². The fraction of sp³-hybridized carbons (Fsp3) is 0.562. The third-order valence-corrected chi connectivity index (χ3v) is 4.85. The molecule has 2 aliphatic rings. The van der Waals surface area contributed by atoms with Gasteiger partial charge in [-0.3, -0.25) is 4.79 Å². The molecule has 0 spiro atoms. The number of hydrogen-bond donors (Lipinski definition) is 1. The lowest BCUT2D eigenvalue weighted by molar-refractivity contribution is -0.148. The lowest BCUT2D eigenvalue weighted by atomic mass is 9.91. The van der Waals surface area contributed by atoms with Crippen molar-refractivity contribution in [3.63, 3.8) is 0 Å². The van der Waals surface area contributed by atoms with Crippen LogP contribution in [0.1, 0.15) is 29.7 Å². The van der Waals surface area contributed by atoms with Crippen molar-refractivity contribution in [3.8, 4) is 0 Å². The molecule has 1 saturated heterocycles. The minimum atomic E-state index is -4.43. The summed E-state index contributed by atoms with van der Waals surface area (Å²) in [5.74, 6) is -0.156. The summed E-state index contributed by atoms with van der Waals surface area (Å²) in [5, 5.41) is 3.15. The molecule has 8 heteroatoms. The van der Waals surface area contributed by atoms with E-state index in [1.165, 1.54) is 0 Å². The smallest absolute Gasteiger partial charge is 0.366 e. The van der Waals surface area contributed by atoms with Crippen molar-refractivity contribution in [2.75, 3.05) is 26.2 Å². The van der Waals surface area contributed by atoms with Crippen LogP contribution in [0, 0.1) is 0 Å². The maximum Gasteiger partial charge on any atom is 0.416 e.